The summed E-state index contributed by atoms with van der Waals surface area (Å²) in [7, 11) is 1.52. The van der Waals surface area contributed by atoms with Gasteiger partial charge in [0.25, 0.3) is 0 Å². The standard InChI is InChI=1S/C15H21NO4/c1-15(2,3)20-14(18)16-8-7-11-5-6-13(19-4)12(9-11)10-17/h5-6,9-10H,7-8H2,1-4H3,(H,16,18). The lowest BCUT2D eigenvalue weighted by molar-refractivity contribution is 0.0528. The first-order valence-electron chi connectivity index (χ1n) is 6.44. The summed E-state index contributed by atoms with van der Waals surface area (Å²) in [6.45, 7) is 5.88. The highest BCUT2D eigenvalue weighted by molar-refractivity contribution is 5.79. The molecule has 0 bridgehead atoms. The Morgan fingerprint density at radius 1 is 1.35 bits per heavy atom. The van der Waals surface area contributed by atoms with Crippen LogP contribution in [-0.4, -0.2) is 31.6 Å². The van der Waals surface area contributed by atoms with Gasteiger partial charge < -0.3 is 14.8 Å². The second-order valence-corrected chi connectivity index (χ2v) is 5.37. The van der Waals surface area contributed by atoms with Crippen LogP contribution in [-0.2, 0) is 11.2 Å². The predicted octanol–water partition coefficient (Wildman–Crippen LogP) is 2.57. The number of ether oxygens (including phenoxy) is 2. The Labute approximate surface area is 119 Å². The van der Waals surface area contributed by atoms with E-state index < -0.39 is 11.7 Å². The molecule has 110 valence electrons. The zero-order valence-electron chi connectivity index (χ0n) is 12.4. The number of methoxy groups -OCH3 is 1. The third-order valence-corrected chi connectivity index (χ3v) is 2.50. The molecule has 0 saturated carbocycles. The van der Waals surface area contributed by atoms with Crippen molar-refractivity contribution in [2.75, 3.05) is 13.7 Å². The van der Waals surface area contributed by atoms with E-state index in [0.29, 0.717) is 24.3 Å². The largest absolute Gasteiger partial charge is 0.496 e. The molecule has 5 heteroatoms. The van der Waals surface area contributed by atoms with Crippen molar-refractivity contribution in [3.05, 3.63) is 29.3 Å². The lowest BCUT2D eigenvalue weighted by Crippen LogP contribution is -2.33. The van der Waals surface area contributed by atoms with Crippen LogP contribution < -0.4 is 10.1 Å². The van der Waals surface area contributed by atoms with E-state index in [1.54, 1.807) is 12.1 Å². The van der Waals surface area contributed by atoms with E-state index in [9.17, 15) is 9.59 Å². The van der Waals surface area contributed by atoms with Gasteiger partial charge in [0.1, 0.15) is 11.4 Å². The van der Waals surface area contributed by atoms with E-state index in [4.69, 9.17) is 9.47 Å². The van der Waals surface area contributed by atoms with Crippen molar-refractivity contribution < 1.29 is 19.1 Å². The van der Waals surface area contributed by atoms with Gasteiger partial charge >= 0.3 is 6.09 Å². The summed E-state index contributed by atoms with van der Waals surface area (Å²) >= 11 is 0. The summed E-state index contributed by atoms with van der Waals surface area (Å²) in [6, 6.07) is 5.36. The average Bonchev–Trinajstić information content (AvgIpc) is 2.36. The molecule has 1 N–H and O–H groups in total. The lowest BCUT2D eigenvalue weighted by atomic mass is 10.1. The Morgan fingerprint density at radius 2 is 2.05 bits per heavy atom. The van der Waals surface area contributed by atoms with E-state index in [1.807, 2.05) is 26.8 Å². The van der Waals surface area contributed by atoms with Crippen molar-refractivity contribution in [1.82, 2.24) is 5.32 Å². The van der Waals surface area contributed by atoms with Gasteiger partial charge in [0.15, 0.2) is 6.29 Å². The van der Waals surface area contributed by atoms with E-state index in [2.05, 4.69) is 5.32 Å². The van der Waals surface area contributed by atoms with E-state index in [-0.39, 0.29) is 0 Å². The van der Waals surface area contributed by atoms with Crippen molar-refractivity contribution in [1.29, 1.82) is 0 Å². The SMILES string of the molecule is COc1ccc(CCNC(=O)OC(C)(C)C)cc1C=O. The number of nitrogens with one attached hydrogen (secondary N) is 1. The van der Waals surface area contributed by atoms with Gasteiger partial charge in [-0.3, -0.25) is 4.79 Å². The molecule has 0 fully saturated rings. The Morgan fingerprint density at radius 3 is 2.60 bits per heavy atom. The molecule has 0 atom stereocenters. The molecule has 0 saturated heterocycles. The number of aldehydes is 1. The molecule has 0 aliphatic rings. The summed E-state index contributed by atoms with van der Waals surface area (Å²) in [5, 5.41) is 2.67. The maximum atomic E-state index is 11.5. The summed E-state index contributed by atoms with van der Waals surface area (Å²) in [6.07, 6.45) is 0.926. The van der Waals surface area contributed by atoms with Crippen LogP contribution in [0.1, 0.15) is 36.7 Å². The van der Waals surface area contributed by atoms with Gasteiger partial charge in [-0.25, -0.2) is 4.79 Å². The van der Waals surface area contributed by atoms with Crippen LogP contribution in [0.25, 0.3) is 0 Å². The minimum absolute atomic E-state index is 0.443. The Bertz CT molecular complexity index is 477. The molecular formula is C15H21NO4. The van der Waals surface area contributed by atoms with E-state index in [0.717, 1.165) is 11.8 Å². The molecule has 1 amide bonds. The number of hydrogen-bond donors (Lipinski definition) is 1. The third kappa shape index (κ3) is 5.30. The maximum Gasteiger partial charge on any atom is 0.407 e. The topological polar surface area (TPSA) is 64.6 Å². The highest BCUT2D eigenvalue weighted by Gasteiger charge is 2.15. The molecule has 1 aromatic rings. The fourth-order valence-electron chi connectivity index (χ4n) is 1.65. The number of rotatable bonds is 5. The predicted molar refractivity (Wildman–Crippen MR) is 76.3 cm³/mol. The third-order valence-electron chi connectivity index (χ3n) is 2.50. The van der Waals surface area contributed by atoms with Crippen LogP contribution in [0, 0.1) is 0 Å². The maximum absolute atomic E-state index is 11.5. The van der Waals surface area contributed by atoms with Gasteiger partial charge in [0, 0.05) is 6.54 Å². The van der Waals surface area contributed by atoms with Crippen molar-refractivity contribution in [3.8, 4) is 5.75 Å². The van der Waals surface area contributed by atoms with Crippen LogP contribution in [0.5, 0.6) is 5.75 Å². The van der Waals surface area contributed by atoms with Gasteiger partial charge in [-0.15, -0.1) is 0 Å². The molecule has 20 heavy (non-hydrogen) atoms. The molecule has 1 rings (SSSR count). The minimum Gasteiger partial charge on any atom is -0.496 e. The molecule has 5 nitrogen and oxygen atoms in total. The second-order valence-electron chi connectivity index (χ2n) is 5.37. The highest BCUT2D eigenvalue weighted by Crippen LogP contribution is 2.18. The molecule has 0 aliphatic carbocycles. The Kier molecular flexibility index (Phi) is 5.55. The van der Waals surface area contributed by atoms with Crippen LogP contribution >= 0.6 is 0 Å². The van der Waals surface area contributed by atoms with Crippen LogP contribution in [0.15, 0.2) is 18.2 Å². The summed E-state index contributed by atoms with van der Waals surface area (Å²) in [4.78, 5) is 22.4. The average molecular weight is 279 g/mol. The van der Waals surface area contributed by atoms with Gasteiger partial charge in [0.05, 0.1) is 12.7 Å². The van der Waals surface area contributed by atoms with Gasteiger partial charge in [-0.05, 0) is 44.9 Å². The molecule has 1 aromatic carbocycles. The lowest BCUT2D eigenvalue weighted by Gasteiger charge is -2.19. The van der Waals surface area contributed by atoms with Gasteiger partial charge in [-0.1, -0.05) is 6.07 Å². The highest BCUT2D eigenvalue weighted by atomic mass is 16.6. The molecule has 0 heterocycles. The van der Waals surface area contributed by atoms with Crippen molar-refractivity contribution in [2.45, 2.75) is 32.8 Å². The van der Waals surface area contributed by atoms with Gasteiger partial charge in [0.2, 0.25) is 0 Å². The number of amides is 1. The quantitative estimate of drug-likeness (QED) is 0.841. The second kappa shape index (κ2) is 6.93. The Hall–Kier alpha value is -2.04. The fourth-order valence-corrected chi connectivity index (χ4v) is 1.65. The molecular weight excluding hydrogens is 258 g/mol. The van der Waals surface area contributed by atoms with Crippen molar-refractivity contribution in [2.24, 2.45) is 0 Å². The first-order chi connectivity index (χ1) is 9.35. The zero-order chi connectivity index (χ0) is 15.2. The number of hydrogen-bond acceptors (Lipinski definition) is 4. The van der Waals surface area contributed by atoms with Crippen molar-refractivity contribution in [3.63, 3.8) is 0 Å². The molecule has 0 spiro atoms. The van der Waals surface area contributed by atoms with Crippen LogP contribution in [0.2, 0.25) is 0 Å². The fraction of sp³-hybridized carbons (Fsp3) is 0.467. The van der Waals surface area contributed by atoms with Crippen molar-refractivity contribution >= 4 is 12.4 Å². The number of carbonyl (C=O) groups excluding carboxylic acids is 2. The number of benzene rings is 1. The zero-order valence-corrected chi connectivity index (χ0v) is 12.4. The summed E-state index contributed by atoms with van der Waals surface area (Å²) in [5.41, 5.74) is 0.945. The molecule has 0 aromatic heterocycles. The molecule has 0 aliphatic heterocycles. The summed E-state index contributed by atoms with van der Waals surface area (Å²) < 4.78 is 10.2. The summed E-state index contributed by atoms with van der Waals surface area (Å²) in [5.74, 6) is 0.545. The first kappa shape index (κ1) is 16.0. The molecule has 0 unspecified atom stereocenters. The molecule has 0 radical (unpaired) electrons. The van der Waals surface area contributed by atoms with E-state index in [1.165, 1.54) is 7.11 Å². The minimum atomic E-state index is -0.505. The monoisotopic (exact) mass is 279 g/mol. The number of carbonyl (C=O) groups is 2. The Balaban J connectivity index is 2.50. The smallest absolute Gasteiger partial charge is 0.407 e. The van der Waals surface area contributed by atoms with E-state index >= 15 is 0 Å². The van der Waals surface area contributed by atoms with Gasteiger partial charge in [-0.2, -0.15) is 0 Å². The normalized spacial score (nSPS) is 10.8. The van der Waals surface area contributed by atoms with Crippen LogP contribution in [0.3, 0.4) is 0 Å². The first-order valence-corrected chi connectivity index (χ1v) is 6.44. The number of alkyl carbamates (subject to hydrolysis) is 1. The van der Waals surface area contributed by atoms with Crippen LogP contribution in [0.4, 0.5) is 4.79 Å².